The molecule has 1 aromatic heterocycles. The van der Waals surface area contributed by atoms with Crippen LogP contribution >= 0.6 is 15.9 Å². The van der Waals surface area contributed by atoms with Gasteiger partial charge >= 0.3 is 0 Å². The molecule has 1 unspecified atom stereocenters. The molecule has 2 heterocycles. The Hall–Kier alpha value is -2.15. The third kappa shape index (κ3) is 2.76. The molecule has 0 aliphatic carbocycles. The van der Waals surface area contributed by atoms with Crippen molar-refractivity contribution >= 4 is 39.1 Å². The number of aromatic nitrogens is 2. The minimum absolute atomic E-state index is 0.158. The Balaban J connectivity index is 2.12. The van der Waals surface area contributed by atoms with Crippen molar-refractivity contribution in [3.05, 3.63) is 40.6 Å². The number of nitrogens with one attached hydrogen (secondary N) is 1. The Bertz CT molecular complexity index is 771. The third-order valence-electron chi connectivity index (χ3n) is 3.83. The lowest BCUT2D eigenvalue weighted by atomic mass is 10.0. The first-order valence-electron chi connectivity index (χ1n) is 7.44. The van der Waals surface area contributed by atoms with Gasteiger partial charge in [0, 0.05) is 17.7 Å². The number of hydrogen-bond donors (Lipinski definition) is 1. The number of benzene rings is 1. The normalized spacial score (nSPS) is 16.9. The minimum atomic E-state index is -0.529. The van der Waals surface area contributed by atoms with Crippen LogP contribution in [0.15, 0.2) is 35.1 Å². The van der Waals surface area contributed by atoms with Crippen LogP contribution in [0.5, 0.6) is 0 Å². The van der Waals surface area contributed by atoms with Gasteiger partial charge in [-0.3, -0.25) is 19.2 Å². The Morgan fingerprint density at radius 2 is 2.22 bits per heavy atom. The van der Waals surface area contributed by atoms with Crippen LogP contribution in [0.2, 0.25) is 0 Å². The molecule has 0 radical (unpaired) electrons. The van der Waals surface area contributed by atoms with E-state index in [2.05, 4.69) is 26.3 Å². The summed E-state index contributed by atoms with van der Waals surface area (Å²) in [6, 6.07) is 4.96. The van der Waals surface area contributed by atoms with Gasteiger partial charge in [-0.1, -0.05) is 19.4 Å². The summed E-state index contributed by atoms with van der Waals surface area (Å²) in [6.45, 7) is 2.00. The molecule has 120 valence electrons. The van der Waals surface area contributed by atoms with Crippen LogP contribution in [0.4, 0.5) is 11.4 Å². The molecule has 2 aromatic rings. The molecular weight excluding hydrogens is 360 g/mol. The molecule has 1 atom stereocenters. The number of hydrogen-bond acceptors (Lipinski definition) is 3. The fourth-order valence-electron chi connectivity index (χ4n) is 2.80. The maximum atomic E-state index is 13.0. The number of fused-ring (bicyclic) bond motifs is 1. The van der Waals surface area contributed by atoms with Crippen molar-refractivity contribution in [2.24, 2.45) is 7.05 Å². The fraction of sp³-hybridized carbons (Fsp3) is 0.312. The van der Waals surface area contributed by atoms with Gasteiger partial charge in [0.15, 0.2) is 0 Å². The predicted molar refractivity (Wildman–Crippen MR) is 91.5 cm³/mol. The van der Waals surface area contributed by atoms with Crippen LogP contribution in [-0.4, -0.2) is 27.6 Å². The van der Waals surface area contributed by atoms with Crippen LogP contribution in [0.3, 0.4) is 0 Å². The lowest BCUT2D eigenvalue weighted by Crippen LogP contribution is -2.51. The van der Waals surface area contributed by atoms with E-state index in [0.29, 0.717) is 23.4 Å². The molecule has 3 rings (SSSR count). The average molecular weight is 377 g/mol. The van der Waals surface area contributed by atoms with Gasteiger partial charge < -0.3 is 5.32 Å². The summed E-state index contributed by atoms with van der Waals surface area (Å²) in [5.41, 5.74) is 1.79. The Morgan fingerprint density at radius 3 is 2.87 bits per heavy atom. The molecule has 2 amide bonds. The van der Waals surface area contributed by atoms with Crippen molar-refractivity contribution in [2.75, 3.05) is 10.2 Å². The highest BCUT2D eigenvalue weighted by Gasteiger charge is 2.38. The zero-order valence-electron chi connectivity index (χ0n) is 12.9. The van der Waals surface area contributed by atoms with Crippen molar-refractivity contribution in [3.63, 3.8) is 0 Å². The van der Waals surface area contributed by atoms with Crippen LogP contribution in [0.1, 0.15) is 30.1 Å². The number of nitrogens with zero attached hydrogens (tertiary/aromatic N) is 3. The molecule has 6 nitrogen and oxygen atoms in total. The number of carbonyl (C=O) groups is 2. The molecule has 1 aliphatic heterocycles. The van der Waals surface area contributed by atoms with Gasteiger partial charge in [-0.25, -0.2) is 0 Å². The number of amides is 2. The van der Waals surface area contributed by atoms with Crippen LogP contribution in [0, 0.1) is 0 Å². The molecule has 1 aromatic carbocycles. The summed E-state index contributed by atoms with van der Waals surface area (Å²) in [7, 11) is 1.76. The minimum Gasteiger partial charge on any atom is -0.322 e. The lowest BCUT2D eigenvalue weighted by Gasteiger charge is -2.36. The Morgan fingerprint density at radius 1 is 1.43 bits per heavy atom. The average Bonchev–Trinajstić information content (AvgIpc) is 2.95. The maximum absolute atomic E-state index is 13.0. The Kier molecular flexibility index (Phi) is 4.21. The number of para-hydroxylation sites is 1. The molecule has 0 fully saturated rings. The summed E-state index contributed by atoms with van der Waals surface area (Å²) < 4.78 is 2.35. The smallest absolute Gasteiger partial charge is 0.262 e. The number of halogens is 1. The second-order valence-corrected chi connectivity index (χ2v) is 6.36. The van der Waals surface area contributed by atoms with Crippen molar-refractivity contribution in [1.29, 1.82) is 0 Å². The SMILES string of the molecule is CCCC1C(=O)Nc2cccc(Br)c2N1C(=O)c1cnn(C)c1. The summed E-state index contributed by atoms with van der Waals surface area (Å²) in [4.78, 5) is 27.1. The highest BCUT2D eigenvalue weighted by molar-refractivity contribution is 9.10. The first-order valence-corrected chi connectivity index (χ1v) is 8.23. The quantitative estimate of drug-likeness (QED) is 0.895. The molecule has 1 aliphatic rings. The summed E-state index contributed by atoms with van der Waals surface area (Å²) in [5, 5.41) is 6.95. The van der Waals surface area contributed by atoms with E-state index in [4.69, 9.17) is 0 Å². The molecule has 0 saturated carbocycles. The molecule has 23 heavy (non-hydrogen) atoms. The molecule has 0 bridgehead atoms. The predicted octanol–water partition coefficient (Wildman–Crippen LogP) is 2.95. The standard InChI is InChI=1S/C16H17BrN4O2/c1-3-5-13-15(22)19-12-7-4-6-11(17)14(12)21(13)16(23)10-8-18-20(2)9-10/h4,6-9,13H,3,5H2,1-2H3,(H,19,22). The highest BCUT2D eigenvalue weighted by atomic mass is 79.9. The van der Waals surface area contributed by atoms with E-state index in [9.17, 15) is 9.59 Å². The van der Waals surface area contributed by atoms with E-state index in [1.165, 1.54) is 6.20 Å². The van der Waals surface area contributed by atoms with Gasteiger partial charge in [0.05, 0.1) is 23.1 Å². The molecule has 0 saturated heterocycles. The fourth-order valence-corrected chi connectivity index (χ4v) is 3.35. The van der Waals surface area contributed by atoms with Gasteiger partial charge in [0.2, 0.25) is 5.91 Å². The van der Waals surface area contributed by atoms with Gasteiger partial charge in [-0.2, -0.15) is 5.10 Å². The van der Waals surface area contributed by atoms with Crippen molar-refractivity contribution in [3.8, 4) is 0 Å². The molecule has 1 N–H and O–H groups in total. The summed E-state index contributed by atoms with van der Waals surface area (Å²) in [6.07, 6.45) is 4.58. The van der Waals surface area contributed by atoms with E-state index in [0.717, 1.165) is 10.9 Å². The van der Waals surface area contributed by atoms with Gasteiger partial charge in [-0.05, 0) is 34.5 Å². The first-order chi connectivity index (χ1) is 11.0. The van der Waals surface area contributed by atoms with E-state index < -0.39 is 6.04 Å². The van der Waals surface area contributed by atoms with Gasteiger partial charge in [0.1, 0.15) is 6.04 Å². The van der Waals surface area contributed by atoms with E-state index in [1.807, 2.05) is 19.1 Å². The summed E-state index contributed by atoms with van der Waals surface area (Å²) >= 11 is 3.50. The summed E-state index contributed by atoms with van der Waals surface area (Å²) in [5.74, 6) is -0.380. The number of aryl methyl sites for hydroxylation is 1. The zero-order chi connectivity index (χ0) is 16.6. The van der Waals surface area contributed by atoms with E-state index in [1.54, 1.807) is 28.9 Å². The highest BCUT2D eigenvalue weighted by Crippen LogP contribution is 2.40. The largest absolute Gasteiger partial charge is 0.322 e. The van der Waals surface area contributed by atoms with Crippen LogP contribution in [0.25, 0.3) is 0 Å². The zero-order valence-corrected chi connectivity index (χ0v) is 14.5. The third-order valence-corrected chi connectivity index (χ3v) is 4.47. The van der Waals surface area contributed by atoms with Crippen LogP contribution < -0.4 is 10.2 Å². The number of carbonyl (C=O) groups excluding carboxylic acids is 2. The Labute approximate surface area is 142 Å². The second kappa shape index (κ2) is 6.16. The van der Waals surface area contributed by atoms with Crippen molar-refractivity contribution in [1.82, 2.24) is 9.78 Å². The first kappa shape index (κ1) is 15.7. The van der Waals surface area contributed by atoms with E-state index in [-0.39, 0.29) is 11.8 Å². The van der Waals surface area contributed by atoms with Crippen LogP contribution in [-0.2, 0) is 11.8 Å². The molecule has 0 spiro atoms. The maximum Gasteiger partial charge on any atom is 0.262 e. The van der Waals surface area contributed by atoms with E-state index >= 15 is 0 Å². The lowest BCUT2D eigenvalue weighted by molar-refractivity contribution is -0.117. The van der Waals surface area contributed by atoms with Crippen molar-refractivity contribution < 1.29 is 9.59 Å². The molecular formula is C16H17BrN4O2. The molecule has 7 heteroatoms. The topological polar surface area (TPSA) is 67.2 Å². The number of anilines is 2. The van der Waals surface area contributed by atoms with Gasteiger partial charge in [-0.15, -0.1) is 0 Å². The van der Waals surface area contributed by atoms with Crippen molar-refractivity contribution in [2.45, 2.75) is 25.8 Å². The second-order valence-electron chi connectivity index (χ2n) is 5.51. The van der Waals surface area contributed by atoms with Gasteiger partial charge in [0.25, 0.3) is 5.91 Å². The monoisotopic (exact) mass is 376 g/mol. The number of rotatable bonds is 3.